The van der Waals surface area contributed by atoms with Crippen LogP contribution < -0.4 is 0 Å². The SMILES string of the molecule is C=CCC=C1S[C@@H]2CC(=O)N2C1C(=O)O. The number of rotatable bonds is 3. The molecule has 2 heterocycles. The van der Waals surface area contributed by atoms with Crippen LogP contribution in [0.5, 0.6) is 0 Å². The molecule has 2 atom stereocenters. The molecule has 1 unspecified atom stereocenters. The van der Waals surface area contributed by atoms with Crippen LogP contribution in [-0.2, 0) is 9.59 Å². The molecule has 0 radical (unpaired) electrons. The molecule has 0 bridgehead atoms. The number of aliphatic carboxylic acids is 1. The molecule has 0 aliphatic carbocycles. The number of carbonyl (C=O) groups is 2. The van der Waals surface area contributed by atoms with Crippen LogP contribution in [0, 0.1) is 0 Å². The molecule has 2 aliphatic rings. The van der Waals surface area contributed by atoms with Crippen molar-refractivity contribution in [1.82, 2.24) is 4.90 Å². The summed E-state index contributed by atoms with van der Waals surface area (Å²) in [6.45, 7) is 3.58. The lowest BCUT2D eigenvalue weighted by molar-refractivity contribution is -0.154. The molecule has 0 aromatic rings. The molecule has 2 fully saturated rings. The standard InChI is InChI=1S/C10H11NO3S/c1-2-3-4-6-9(10(13)14)11-7(12)5-8(11)15-6/h2,4,8-9H,1,3,5H2,(H,13,14)/t8-,9?/m1/s1. The quantitative estimate of drug-likeness (QED) is 0.579. The van der Waals surface area contributed by atoms with Gasteiger partial charge in [0.05, 0.1) is 11.8 Å². The second-order valence-corrected chi connectivity index (χ2v) is 4.70. The first-order valence-corrected chi connectivity index (χ1v) is 5.54. The molecule has 0 aromatic heterocycles. The number of hydrogen-bond acceptors (Lipinski definition) is 3. The Labute approximate surface area is 91.6 Å². The van der Waals surface area contributed by atoms with Gasteiger partial charge >= 0.3 is 5.97 Å². The van der Waals surface area contributed by atoms with Gasteiger partial charge in [0, 0.05) is 4.91 Å². The Hall–Kier alpha value is -1.23. The Balaban J connectivity index is 2.22. The number of carbonyl (C=O) groups excluding carboxylic acids is 1. The zero-order chi connectivity index (χ0) is 11.0. The van der Waals surface area contributed by atoms with E-state index in [0.29, 0.717) is 12.8 Å². The van der Waals surface area contributed by atoms with E-state index in [-0.39, 0.29) is 11.3 Å². The molecule has 15 heavy (non-hydrogen) atoms. The highest BCUT2D eigenvalue weighted by Crippen LogP contribution is 2.46. The third-order valence-corrected chi connectivity index (χ3v) is 3.81. The van der Waals surface area contributed by atoms with Crippen molar-refractivity contribution in [2.24, 2.45) is 0 Å². The molecule has 5 heteroatoms. The molecular formula is C10H11NO3S. The van der Waals surface area contributed by atoms with Crippen molar-refractivity contribution >= 4 is 23.6 Å². The molecular weight excluding hydrogens is 214 g/mol. The number of carboxylic acids is 1. The Kier molecular flexibility index (Phi) is 2.56. The molecule has 1 N–H and O–H groups in total. The maximum Gasteiger partial charge on any atom is 0.331 e. The molecule has 2 rings (SSSR count). The van der Waals surface area contributed by atoms with E-state index in [2.05, 4.69) is 6.58 Å². The number of thioether (sulfide) groups is 1. The summed E-state index contributed by atoms with van der Waals surface area (Å²) < 4.78 is 0. The number of hydrogen-bond donors (Lipinski definition) is 1. The van der Waals surface area contributed by atoms with E-state index in [1.54, 1.807) is 6.08 Å². The van der Waals surface area contributed by atoms with Crippen LogP contribution in [0.3, 0.4) is 0 Å². The van der Waals surface area contributed by atoms with Gasteiger partial charge in [-0.25, -0.2) is 4.79 Å². The summed E-state index contributed by atoms with van der Waals surface area (Å²) in [5, 5.41) is 9.09. The highest BCUT2D eigenvalue weighted by molar-refractivity contribution is 8.04. The molecule has 0 spiro atoms. The second-order valence-electron chi connectivity index (χ2n) is 3.45. The third kappa shape index (κ3) is 1.56. The average molecular weight is 225 g/mol. The molecule has 1 amide bonds. The predicted molar refractivity (Wildman–Crippen MR) is 57.2 cm³/mol. The van der Waals surface area contributed by atoms with Gasteiger partial charge in [-0.1, -0.05) is 12.2 Å². The predicted octanol–water partition coefficient (Wildman–Crippen LogP) is 1.20. The van der Waals surface area contributed by atoms with Gasteiger partial charge in [-0.15, -0.1) is 18.3 Å². The fourth-order valence-electron chi connectivity index (χ4n) is 1.77. The number of carboxylic acid groups (broad SMARTS) is 1. The maximum absolute atomic E-state index is 11.2. The Morgan fingerprint density at radius 3 is 3.00 bits per heavy atom. The zero-order valence-electron chi connectivity index (χ0n) is 8.05. The molecule has 4 nitrogen and oxygen atoms in total. The topological polar surface area (TPSA) is 57.6 Å². The van der Waals surface area contributed by atoms with E-state index in [4.69, 9.17) is 5.11 Å². The monoisotopic (exact) mass is 225 g/mol. The first-order chi connectivity index (χ1) is 7.15. The van der Waals surface area contributed by atoms with Crippen LogP contribution in [0.1, 0.15) is 12.8 Å². The van der Waals surface area contributed by atoms with Gasteiger partial charge < -0.3 is 10.0 Å². The van der Waals surface area contributed by atoms with Gasteiger partial charge in [0.15, 0.2) is 6.04 Å². The van der Waals surface area contributed by atoms with Crippen molar-refractivity contribution in [3.8, 4) is 0 Å². The van der Waals surface area contributed by atoms with Gasteiger partial charge in [-0.05, 0) is 6.42 Å². The van der Waals surface area contributed by atoms with E-state index in [0.717, 1.165) is 4.91 Å². The van der Waals surface area contributed by atoms with Gasteiger partial charge in [0.2, 0.25) is 5.91 Å². The highest BCUT2D eigenvalue weighted by Gasteiger charge is 2.52. The van der Waals surface area contributed by atoms with Crippen LogP contribution in [0.25, 0.3) is 0 Å². The highest BCUT2D eigenvalue weighted by atomic mass is 32.2. The summed E-state index contributed by atoms with van der Waals surface area (Å²) in [6.07, 6.45) is 4.65. The Morgan fingerprint density at radius 2 is 2.47 bits per heavy atom. The molecule has 2 aliphatic heterocycles. The van der Waals surface area contributed by atoms with E-state index >= 15 is 0 Å². The summed E-state index contributed by atoms with van der Waals surface area (Å²) in [4.78, 5) is 24.5. The van der Waals surface area contributed by atoms with E-state index in [9.17, 15) is 9.59 Å². The lowest BCUT2D eigenvalue weighted by atomic mass is 10.1. The van der Waals surface area contributed by atoms with Crippen LogP contribution in [0.15, 0.2) is 23.6 Å². The van der Waals surface area contributed by atoms with Gasteiger partial charge in [-0.3, -0.25) is 4.79 Å². The summed E-state index contributed by atoms with van der Waals surface area (Å²) in [5.74, 6) is -1.02. The second kappa shape index (κ2) is 3.73. The summed E-state index contributed by atoms with van der Waals surface area (Å²) in [7, 11) is 0. The minimum Gasteiger partial charge on any atom is -0.479 e. The number of allylic oxidation sites excluding steroid dienone is 2. The molecule has 80 valence electrons. The van der Waals surface area contributed by atoms with Crippen LogP contribution in [-0.4, -0.2) is 33.3 Å². The lowest BCUT2D eigenvalue weighted by Gasteiger charge is -2.35. The molecule has 0 aromatic carbocycles. The van der Waals surface area contributed by atoms with Crippen LogP contribution >= 0.6 is 11.8 Å². The minimum atomic E-state index is -0.951. The number of fused-ring (bicyclic) bond motifs is 1. The smallest absolute Gasteiger partial charge is 0.331 e. The summed E-state index contributed by atoms with van der Waals surface area (Å²) >= 11 is 1.48. The first kappa shape index (κ1) is 10.3. The van der Waals surface area contributed by atoms with E-state index < -0.39 is 12.0 Å². The zero-order valence-corrected chi connectivity index (χ0v) is 8.87. The summed E-state index contributed by atoms with van der Waals surface area (Å²) in [6, 6.07) is -0.763. The van der Waals surface area contributed by atoms with E-state index in [1.165, 1.54) is 16.7 Å². The first-order valence-electron chi connectivity index (χ1n) is 4.66. The van der Waals surface area contributed by atoms with Crippen LogP contribution in [0.4, 0.5) is 0 Å². The largest absolute Gasteiger partial charge is 0.479 e. The fourth-order valence-corrected chi connectivity index (χ4v) is 3.20. The minimum absolute atomic E-state index is 0.0367. The van der Waals surface area contributed by atoms with Crippen molar-refractivity contribution in [2.45, 2.75) is 24.3 Å². The maximum atomic E-state index is 11.2. The number of β-lactam (4-membered cyclic amide) rings is 1. The van der Waals surface area contributed by atoms with Crippen molar-refractivity contribution in [3.63, 3.8) is 0 Å². The van der Waals surface area contributed by atoms with Gasteiger partial charge in [0.25, 0.3) is 0 Å². The fraction of sp³-hybridized carbons (Fsp3) is 0.400. The normalized spacial score (nSPS) is 31.3. The molecule has 0 saturated carbocycles. The summed E-state index contributed by atoms with van der Waals surface area (Å²) in [5.41, 5.74) is 0. The van der Waals surface area contributed by atoms with Crippen molar-refractivity contribution < 1.29 is 14.7 Å². The molecule has 2 saturated heterocycles. The van der Waals surface area contributed by atoms with Crippen LogP contribution in [0.2, 0.25) is 0 Å². The van der Waals surface area contributed by atoms with Crippen molar-refractivity contribution in [1.29, 1.82) is 0 Å². The average Bonchev–Trinajstić information content (AvgIpc) is 2.47. The Morgan fingerprint density at radius 1 is 1.73 bits per heavy atom. The van der Waals surface area contributed by atoms with E-state index in [1.807, 2.05) is 6.08 Å². The number of amides is 1. The van der Waals surface area contributed by atoms with Gasteiger partial charge in [-0.2, -0.15) is 0 Å². The lowest BCUT2D eigenvalue weighted by Crippen LogP contribution is -2.53. The number of nitrogens with zero attached hydrogens (tertiary/aromatic N) is 1. The Bertz CT molecular complexity index is 364. The van der Waals surface area contributed by atoms with Crippen molar-refractivity contribution in [2.75, 3.05) is 0 Å². The van der Waals surface area contributed by atoms with Crippen molar-refractivity contribution in [3.05, 3.63) is 23.6 Å². The third-order valence-electron chi connectivity index (χ3n) is 2.49. The van der Waals surface area contributed by atoms with Gasteiger partial charge in [0.1, 0.15) is 0 Å².